The summed E-state index contributed by atoms with van der Waals surface area (Å²) in [7, 11) is 0. The van der Waals surface area contributed by atoms with Crippen molar-refractivity contribution >= 4 is 11.9 Å². The number of rotatable bonds is 11. The van der Waals surface area contributed by atoms with Crippen LogP contribution in [0.25, 0.3) is 0 Å². The van der Waals surface area contributed by atoms with Gasteiger partial charge in [-0.05, 0) is 80.4 Å². The third kappa shape index (κ3) is 10.7. The molecule has 0 aromatic carbocycles. The number of carbonyl (C=O) groups excluding carboxylic acids is 2. The van der Waals surface area contributed by atoms with Crippen molar-refractivity contribution in [3.8, 4) is 0 Å². The topological polar surface area (TPSA) is 76.7 Å². The average molecular weight is 477 g/mol. The summed E-state index contributed by atoms with van der Waals surface area (Å²) in [4.78, 5) is 24.5. The number of hydrogen-bond acceptors (Lipinski definition) is 6. The summed E-state index contributed by atoms with van der Waals surface area (Å²) < 4.78 is 11.3. The van der Waals surface area contributed by atoms with Crippen LogP contribution in [-0.4, -0.2) is 34.1 Å². The molecule has 2 rings (SSSR count). The highest BCUT2D eigenvalue weighted by molar-refractivity contribution is 5.71. The zero-order valence-corrected chi connectivity index (χ0v) is 22.9. The van der Waals surface area contributed by atoms with Crippen molar-refractivity contribution < 1.29 is 19.1 Å². The smallest absolute Gasteiger partial charge is 0.310 e. The van der Waals surface area contributed by atoms with Crippen LogP contribution in [-0.2, 0) is 19.1 Å². The van der Waals surface area contributed by atoms with E-state index in [1.165, 1.54) is 0 Å². The minimum Gasteiger partial charge on any atom is -0.431 e. The predicted molar refractivity (Wildman–Crippen MR) is 137 cm³/mol. The van der Waals surface area contributed by atoms with E-state index in [0.29, 0.717) is 25.7 Å². The average Bonchev–Trinajstić information content (AvgIpc) is 2.58. The Balaban J connectivity index is 1.55. The van der Waals surface area contributed by atoms with E-state index in [9.17, 15) is 9.59 Å². The van der Waals surface area contributed by atoms with Crippen molar-refractivity contribution in [3.63, 3.8) is 0 Å². The first-order chi connectivity index (χ1) is 15.6. The van der Waals surface area contributed by atoms with Crippen LogP contribution in [0.2, 0.25) is 0 Å². The summed E-state index contributed by atoms with van der Waals surface area (Å²) in [5, 5.41) is 7.09. The Morgan fingerprint density at radius 1 is 0.647 bits per heavy atom. The van der Waals surface area contributed by atoms with Gasteiger partial charge < -0.3 is 20.1 Å². The maximum atomic E-state index is 12.2. The van der Waals surface area contributed by atoms with E-state index in [1.807, 2.05) is 12.2 Å². The van der Waals surface area contributed by atoms with Gasteiger partial charge >= 0.3 is 11.9 Å². The highest BCUT2D eigenvalue weighted by atomic mass is 16.5. The van der Waals surface area contributed by atoms with Gasteiger partial charge in [-0.25, -0.2) is 0 Å². The molecular weight excluding hydrogens is 428 g/mol. The van der Waals surface area contributed by atoms with Crippen molar-refractivity contribution in [1.82, 2.24) is 10.6 Å². The molecule has 0 saturated carbocycles. The summed E-state index contributed by atoms with van der Waals surface area (Å²) in [5.41, 5.74) is -0.529. The molecule has 0 amide bonds. The minimum absolute atomic E-state index is 0.0853. The Labute approximate surface area is 207 Å². The molecule has 2 N–H and O–H groups in total. The summed E-state index contributed by atoms with van der Waals surface area (Å²) in [6, 6.07) is 0. The van der Waals surface area contributed by atoms with Gasteiger partial charge in [0.15, 0.2) is 0 Å². The van der Waals surface area contributed by atoms with E-state index in [4.69, 9.17) is 9.47 Å². The van der Waals surface area contributed by atoms with E-state index in [0.717, 1.165) is 50.0 Å². The zero-order chi connectivity index (χ0) is 25.6. The third-order valence-corrected chi connectivity index (χ3v) is 6.10. The number of esters is 2. The molecule has 0 spiro atoms. The number of nitrogens with one attached hydrogen (secondary N) is 2. The molecule has 2 heterocycles. The van der Waals surface area contributed by atoms with E-state index < -0.39 is 0 Å². The van der Waals surface area contributed by atoms with Gasteiger partial charge in [0.25, 0.3) is 0 Å². The SMILES string of the molecule is CC1(C)C=C(OC(=O)CCCCCCCCC(=O)OC2=CC(C)(C)NC(C)(C)C2)CC(C)(C)N1. The van der Waals surface area contributed by atoms with Crippen LogP contribution in [0.5, 0.6) is 0 Å². The van der Waals surface area contributed by atoms with Gasteiger partial charge in [0.2, 0.25) is 0 Å². The molecule has 0 atom stereocenters. The van der Waals surface area contributed by atoms with Crippen LogP contribution >= 0.6 is 0 Å². The molecule has 0 radical (unpaired) electrons. The van der Waals surface area contributed by atoms with Gasteiger partial charge in [-0.2, -0.15) is 0 Å². The Morgan fingerprint density at radius 2 is 0.971 bits per heavy atom. The molecule has 0 aromatic heterocycles. The van der Waals surface area contributed by atoms with Gasteiger partial charge in [0.1, 0.15) is 11.5 Å². The van der Waals surface area contributed by atoms with Gasteiger partial charge in [0.05, 0.1) is 0 Å². The highest BCUT2D eigenvalue weighted by Crippen LogP contribution is 2.29. The Morgan fingerprint density at radius 3 is 1.29 bits per heavy atom. The van der Waals surface area contributed by atoms with Crippen LogP contribution in [0.4, 0.5) is 0 Å². The molecule has 2 aliphatic heterocycles. The van der Waals surface area contributed by atoms with Crippen LogP contribution in [0, 0.1) is 0 Å². The lowest BCUT2D eigenvalue weighted by Gasteiger charge is -2.40. The first-order valence-corrected chi connectivity index (χ1v) is 13.0. The summed E-state index contributed by atoms with van der Waals surface area (Å²) in [5.74, 6) is 1.28. The molecule has 0 unspecified atom stereocenters. The number of ether oxygens (including phenoxy) is 2. The molecule has 0 saturated heterocycles. The van der Waals surface area contributed by atoms with Crippen LogP contribution < -0.4 is 10.6 Å². The monoisotopic (exact) mass is 476 g/mol. The fourth-order valence-corrected chi connectivity index (χ4v) is 5.45. The largest absolute Gasteiger partial charge is 0.431 e. The molecule has 194 valence electrons. The maximum Gasteiger partial charge on any atom is 0.310 e. The molecule has 0 aromatic rings. The highest BCUT2D eigenvalue weighted by Gasteiger charge is 2.34. The molecule has 34 heavy (non-hydrogen) atoms. The number of hydrogen-bond donors (Lipinski definition) is 2. The fourth-order valence-electron chi connectivity index (χ4n) is 5.45. The minimum atomic E-state index is -0.179. The molecule has 0 bridgehead atoms. The Hall–Kier alpha value is -1.66. The summed E-state index contributed by atoms with van der Waals surface area (Å²) >= 11 is 0. The second kappa shape index (κ2) is 11.4. The van der Waals surface area contributed by atoms with Gasteiger partial charge in [-0.15, -0.1) is 0 Å². The normalized spacial score (nSPS) is 22.4. The third-order valence-electron chi connectivity index (χ3n) is 6.10. The van der Waals surface area contributed by atoms with E-state index >= 15 is 0 Å². The molecule has 2 aliphatic rings. The zero-order valence-electron chi connectivity index (χ0n) is 22.9. The lowest BCUT2D eigenvalue weighted by atomic mass is 9.87. The Bertz CT molecular complexity index is 724. The second-order valence-corrected chi connectivity index (χ2v) is 12.6. The molecule has 0 aliphatic carbocycles. The number of unbranched alkanes of at least 4 members (excludes halogenated alkanes) is 5. The first kappa shape index (κ1) is 28.6. The van der Waals surface area contributed by atoms with Gasteiger partial charge in [-0.1, -0.05) is 25.7 Å². The van der Waals surface area contributed by atoms with Crippen molar-refractivity contribution in [3.05, 3.63) is 23.7 Å². The molecule has 6 nitrogen and oxygen atoms in total. The fraction of sp³-hybridized carbons (Fsp3) is 0.786. The van der Waals surface area contributed by atoms with Crippen LogP contribution in [0.1, 0.15) is 120 Å². The summed E-state index contributed by atoms with van der Waals surface area (Å²) in [6.07, 6.45) is 12.2. The predicted octanol–water partition coefficient (Wildman–Crippen LogP) is 6.06. The van der Waals surface area contributed by atoms with Crippen molar-refractivity contribution in [1.29, 1.82) is 0 Å². The van der Waals surface area contributed by atoms with Crippen LogP contribution in [0.3, 0.4) is 0 Å². The van der Waals surface area contributed by atoms with Gasteiger partial charge in [-0.3, -0.25) is 9.59 Å². The van der Waals surface area contributed by atoms with Crippen LogP contribution in [0.15, 0.2) is 23.7 Å². The lowest BCUT2D eigenvalue weighted by Crippen LogP contribution is -2.54. The van der Waals surface area contributed by atoms with Gasteiger partial charge in [0, 0.05) is 47.8 Å². The Kier molecular flexibility index (Phi) is 9.57. The molecule has 0 fully saturated rings. The molecular formula is C28H48N2O4. The maximum absolute atomic E-state index is 12.2. The standard InChI is InChI=1S/C28H48N2O4/c1-25(2)17-21(18-26(3,4)29-25)33-23(31)15-13-11-9-10-12-14-16-24(32)34-22-19-27(5,6)30-28(7,8)20-22/h17,19,29-30H,9-16,18,20H2,1-8H3. The number of carbonyl (C=O) groups is 2. The van der Waals surface area contributed by atoms with Crippen molar-refractivity contribution in [2.75, 3.05) is 0 Å². The summed E-state index contributed by atoms with van der Waals surface area (Å²) in [6.45, 7) is 16.9. The van der Waals surface area contributed by atoms with E-state index in [1.54, 1.807) is 0 Å². The first-order valence-electron chi connectivity index (χ1n) is 13.0. The lowest BCUT2D eigenvalue weighted by molar-refractivity contribution is -0.141. The second-order valence-electron chi connectivity index (χ2n) is 12.6. The quantitative estimate of drug-likeness (QED) is 0.279. The van der Waals surface area contributed by atoms with Crippen molar-refractivity contribution in [2.24, 2.45) is 0 Å². The van der Waals surface area contributed by atoms with Crippen molar-refractivity contribution in [2.45, 2.75) is 142 Å². The molecule has 6 heteroatoms. The van der Waals surface area contributed by atoms with E-state index in [2.05, 4.69) is 66.0 Å². The van der Waals surface area contributed by atoms with E-state index in [-0.39, 0.29) is 34.1 Å².